The van der Waals surface area contributed by atoms with E-state index in [4.69, 9.17) is 10.5 Å². The minimum atomic E-state index is -3.83. The molecule has 6 nitrogen and oxygen atoms in total. The Bertz CT molecular complexity index is 729. The van der Waals surface area contributed by atoms with Gasteiger partial charge in [0.05, 0.1) is 18.5 Å². The molecule has 2 aromatic carbocycles. The summed E-state index contributed by atoms with van der Waals surface area (Å²) in [5.41, 5.74) is 6.05. The first-order valence-corrected chi connectivity index (χ1v) is 7.16. The number of ether oxygens (including phenoxy) is 1. The quantitative estimate of drug-likeness (QED) is 0.746. The van der Waals surface area contributed by atoms with Crippen molar-refractivity contribution < 1.29 is 18.3 Å². The van der Waals surface area contributed by atoms with Gasteiger partial charge in [-0.2, -0.15) is 0 Å². The van der Waals surface area contributed by atoms with Crippen LogP contribution in [0.15, 0.2) is 47.4 Å². The van der Waals surface area contributed by atoms with Crippen LogP contribution in [0.5, 0.6) is 11.5 Å². The molecule has 0 unspecified atom stereocenters. The largest absolute Gasteiger partial charge is 0.508 e. The zero-order valence-corrected chi connectivity index (χ0v) is 11.5. The molecule has 0 fully saturated rings. The molecule has 4 N–H and O–H groups in total. The summed E-state index contributed by atoms with van der Waals surface area (Å²) in [7, 11) is -2.36. The Morgan fingerprint density at radius 2 is 1.95 bits per heavy atom. The highest BCUT2D eigenvalue weighted by atomic mass is 32.2. The summed E-state index contributed by atoms with van der Waals surface area (Å²) in [5.74, 6) is 0.437. The molecule has 0 spiro atoms. The topological polar surface area (TPSA) is 102 Å². The van der Waals surface area contributed by atoms with Gasteiger partial charge < -0.3 is 15.6 Å². The Kier molecular flexibility index (Phi) is 3.71. The molecule has 2 aromatic rings. The summed E-state index contributed by atoms with van der Waals surface area (Å²) >= 11 is 0. The van der Waals surface area contributed by atoms with Crippen LogP contribution in [0.2, 0.25) is 0 Å². The third kappa shape index (κ3) is 2.94. The molecule has 2 rings (SSSR count). The highest BCUT2D eigenvalue weighted by Crippen LogP contribution is 2.26. The highest BCUT2D eigenvalue weighted by Gasteiger charge is 2.18. The number of nitrogens with one attached hydrogen (secondary N) is 1. The number of nitrogens with two attached hydrogens (primary N) is 1. The molecule has 0 saturated carbocycles. The van der Waals surface area contributed by atoms with Crippen LogP contribution in [0.25, 0.3) is 0 Å². The maximum Gasteiger partial charge on any atom is 0.263 e. The molecule has 0 heterocycles. The Balaban J connectivity index is 2.36. The molecule has 0 amide bonds. The first-order chi connectivity index (χ1) is 9.42. The van der Waals surface area contributed by atoms with E-state index in [0.29, 0.717) is 5.75 Å². The molecule has 106 valence electrons. The lowest BCUT2D eigenvalue weighted by molar-refractivity contribution is 0.414. The number of aromatic hydroxyl groups is 1. The predicted molar refractivity (Wildman–Crippen MR) is 76.3 cm³/mol. The van der Waals surface area contributed by atoms with E-state index in [1.54, 1.807) is 0 Å². The van der Waals surface area contributed by atoms with Crippen molar-refractivity contribution in [3.63, 3.8) is 0 Å². The molecule has 0 bridgehead atoms. The summed E-state index contributed by atoms with van der Waals surface area (Å²) in [6, 6.07) is 10.1. The molecule has 0 aromatic heterocycles. The third-order valence-electron chi connectivity index (χ3n) is 2.60. The van der Waals surface area contributed by atoms with Gasteiger partial charge in [0.1, 0.15) is 16.4 Å². The van der Waals surface area contributed by atoms with E-state index in [1.165, 1.54) is 49.6 Å². The summed E-state index contributed by atoms with van der Waals surface area (Å²) in [6.07, 6.45) is 0. The number of anilines is 2. The van der Waals surface area contributed by atoms with Crippen molar-refractivity contribution >= 4 is 21.4 Å². The van der Waals surface area contributed by atoms with E-state index in [1.807, 2.05) is 0 Å². The van der Waals surface area contributed by atoms with E-state index in [9.17, 15) is 13.5 Å². The normalized spacial score (nSPS) is 11.1. The number of nitrogen functional groups attached to an aromatic ring is 1. The Morgan fingerprint density at radius 1 is 1.20 bits per heavy atom. The fraction of sp³-hybridized carbons (Fsp3) is 0.0769. The van der Waals surface area contributed by atoms with Crippen LogP contribution in [0, 0.1) is 0 Å². The molecular weight excluding hydrogens is 280 g/mol. The fourth-order valence-corrected chi connectivity index (χ4v) is 2.84. The third-order valence-corrected chi connectivity index (χ3v) is 4.06. The number of phenols is 1. The minimum Gasteiger partial charge on any atom is -0.508 e. The lowest BCUT2D eigenvalue weighted by atomic mass is 10.3. The molecule has 0 saturated heterocycles. The maximum absolute atomic E-state index is 12.2. The van der Waals surface area contributed by atoms with Gasteiger partial charge in [0.25, 0.3) is 10.0 Å². The number of benzene rings is 2. The average Bonchev–Trinajstić information content (AvgIpc) is 2.37. The van der Waals surface area contributed by atoms with Crippen molar-refractivity contribution in [2.75, 3.05) is 17.6 Å². The smallest absolute Gasteiger partial charge is 0.263 e. The standard InChI is InChI=1S/C13H14N2O4S/c1-19-11-5-6-13(12(14)8-11)20(17,18)15-9-3-2-4-10(16)7-9/h2-8,15-16H,14H2,1H3. The number of sulfonamides is 1. The first kappa shape index (κ1) is 14.0. The number of hydrogen-bond acceptors (Lipinski definition) is 5. The average molecular weight is 294 g/mol. The number of phenolic OH excluding ortho intramolecular Hbond substituents is 1. The van der Waals surface area contributed by atoms with Gasteiger partial charge in [-0.3, -0.25) is 4.72 Å². The van der Waals surface area contributed by atoms with Gasteiger partial charge in [0.2, 0.25) is 0 Å². The maximum atomic E-state index is 12.2. The molecule has 0 atom stereocenters. The second-order valence-corrected chi connectivity index (χ2v) is 5.71. The van der Waals surface area contributed by atoms with Crippen LogP contribution in [0.1, 0.15) is 0 Å². The van der Waals surface area contributed by atoms with Gasteiger partial charge >= 0.3 is 0 Å². The van der Waals surface area contributed by atoms with Crippen molar-refractivity contribution in [3.8, 4) is 11.5 Å². The van der Waals surface area contributed by atoms with Crippen LogP contribution in [-0.2, 0) is 10.0 Å². The molecule has 0 radical (unpaired) electrons. The first-order valence-electron chi connectivity index (χ1n) is 5.68. The highest BCUT2D eigenvalue weighted by molar-refractivity contribution is 7.92. The summed E-state index contributed by atoms with van der Waals surface area (Å²) < 4.78 is 31.8. The Labute approximate surface area is 116 Å². The van der Waals surface area contributed by atoms with E-state index >= 15 is 0 Å². The minimum absolute atomic E-state index is 0.0343. The zero-order valence-electron chi connectivity index (χ0n) is 10.7. The summed E-state index contributed by atoms with van der Waals surface area (Å²) in [5, 5.41) is 9.33. The number of methoxy groups -OCH3 is 1. The molecule has 20 heavy (non-hydrogen) atoms. The van der Waals surface area contributed by atoms with Crippen LogP contribution in [-0.4, -0.2) is 20.6 Å². The molecular formula is C13H14N2O4S. The van der Waals surface area contributed by atoms with E-state index in [-0.39, 0.29) is 22.0 Å². The van der Waals surface area contributed by atoms with Crippen LogP contribution in [0.3, 0.4) is 0 Å². The van der Waals surface area contributed by atoms with Crippen molar-refractivity contribution in [2.45, 2.75) is 4.90 Å². The van der Waals surface area contributed by atoms with Crippen molar-refractivity contribution in [3.05, 3.63) is 42.5 Å². The van der Waals surface area contributed by atoms with Crippen LogP contribution < -0.4 is 15.2 Å². The molecule has 0 aliphatic carbocycles. The van der Waals surface area contributed by atoms with E-state index in [0.717, 1.165) is 0 Å². The lowest BCUT2D eigenvalue weighted by Gasteiger charge is -2.11. The second-order valence-electron chi connectivity index (χ2n) is 4.06. The van der Waals surface area contributed by atoms with Gasteiger partial charge in [-0.1, -0.05) is 6.07 Å². The van der Waals surface area contributed by atoms with Gasteiger partial charge in [-0.25, -0.2) is 8.42 Å². The van der Waals surface area contributed by atoms with Gasteiger partial charge in [0.15, 0.2) is 0 Å². The Morgan fingerprint density at radius 3 is 2.55 bits per heavy atom. The van der Waals surface area contributed by atoms with Crippen LogP contribution >= 0.6 is 0 Å². The molecule has 0 aliphatic heterocycles. The summed E-state index contributed by atoms with van der Waals surface area (Å²) in [6.45, 7) is 0. The number of hydrogen-bond donors (Lipinski definition) is 3. The fourth-order valence-electron chi connectivity index (χ4n) is 1.68. The van der Waals surface area contributed by atoms with Crippen molar-refractivity contribution in [1.29, 1.82) is 0 Å². The van der Waals surface area contributed by atoms with E-state index in [2.05, 4.69) is 4.72 Å². The monoisotopic (exact) mass is 294 g/mol. The summed E-state index contributed by atoms with van der Waals surface area (Å²) in [4.78, 5) is -0.0540. The second kappa shape index (κ2) is 5.30. The van der Waals surface area contributed by atoms with Gasteiger partial charge in [-0.05, 0) is 24.3 Å². The Hall–Kier alpha value is -2.41. The van der Waals surface area contributed by atoms with E-state index < -0.39 is 10.0 Å². The number of rotatable bonds is 4. The van der Waals surface area contributed by atoms with Crippen LogP contribution in [0.4, 0.5) is 11.4 Å². The van der Waals surface area contributed by atoms with Gasteiger partial charge in [0, 0.05) is 12.1 Å². The molecule has 7 heteroatoms. The molecule has 0 aliphatic rings. The van der Waals surface area contributed by atoms with Gasteiger partial charge in [-0.15, -0.1) is 0 Å². The zero-order chi connectivity index (χ0) is 14.8. The lowest BCUT2D eigenvalue weighted by Crippen LogP contribution is -2.14. The predicted octanol–water partition coefficient (Wildman–Crippen LogP) is 1.78. The van der Waals surface area contributed by atoms with Crippen molar-refractivity contribution in [2.24, 2.45) is 0 Å². The van der Waals surface area contributed by atoms with Crippen molar-refractivity contribution in [1.82, 2.24) is 0 Å². The SMILES string of the molecule is COc1ccc(S(=O)(=O)Nc2cccc(O)c2)c(N)c1.